The van der Waals surface area contributed by atoms with Gasteiger partial charge in [0.15, 0.2) is 0 Å². The van der Waals surface area contributed by atoms with Crippen LogP contribution < -0.4 is 16.0 Å². The summed E-state index contributed by atoms with van der Waals surface area (Å²) in [6.07, 6.45) is 2.35. The number of urea groups is 1. The Kier molecular flexibility index (Phi) is 9.64. The first kappa shape index (κ1) is 32.9. The molecule has 10 nitrogen and oxygen atoms in total. The number of benzene rings is 3. The molecule has 0 saturated carbocycles. The van der Waals surface area contributed by atoms with E-state index in [-0.39, 0.29) is 22.2 Å². The molecule has 5 rings (SSSR count). The SMILES string of the molecule is CC(=O)Nc1ccc(S(=O)(=O)N2CCC(Cc3ccc(NC(=O)Nc4cc(C(C)(C)C)nn4-c4ccc(C)cc4)cc3)CC2)cc1. The highest BCUT2D eigenvalue weighted by Crippen LogP contribution is 2.29. The molecular weight excluding hydrogens is 600 g/mol. The van der Waals surface area contributed by atoms with Crippen LogP contribution in [0.25, 0.3) is 5.69 Å². The van der Waals surface area contributed by atoms with Gasteiger partial charge in [-0.05, 0) is 86.2 Å². The third kappa shape index (κ3) is 8.02. The van der Waals surface area contributed by atoms with E-state index in [1.807, 2.05) is 61.5 Å². The minimum Gasteiger partial charge on any atom is -0.326 e. The number of anilines is 3. The first-order chi connectivity index (χ1) is 21.8. The number of nitrogens with zero attached hydrogens (tertiary/aromatic N) is 3. The molecule has 0 radical (unpaired) electrons. The fraction of sp³-hybridized carbons (Fsp3) is 0.343. The van der Waals surface area contributed by atoms with Crippen molar-refractivity contribution in [2.75, 3.05) is 29.0 Å². The molecule has 1 aliphatic rings. The van der Waals surface area contributed by atoms with E-state index < -0.39 is 10.0 Å². The summed E-state index contributed by atoms with van der Waals surface area (Å²) >= 11 is 0. The van der Waals surface area contributed by atoms with E-state index in [0.29, 0.717) is 36.2 Å². The predicted octanol–water partition coefficient (Wildman–Crippen LogP) is 6.72. The van der Waals surface area contributed by atoms with Crippen molar-refractivity contribution in [2.24, 2.45) is 5.92 Å². The average molecular weight is 643 g/mol. The second-order valence-electron chi connectivity index (χ2n) is 12.9. The lowest BCUT2D eigenvalue weighted by Crippen LogP contribution is -2.38. The zero-order chi connectivity index (χ0) is 33.1. The summed E-state index contributed by atoms with van der Waals surface area (Å²) in [5.74, 6) is 0.732. The molecule has 3 N–H and O–H groups in total. The molecule has 242 valence electrons. The topological polar surface area (TPSA) is 125 Å². The van der Waals surface area contributed by atoms with Crippen molar-refractivity contribution in [2.45, 2.75) is 64.2 Å². The van der Waals surface area contributed by atoms with Gasteiger partial charge in [0.1, 0.15) is 5.82 Å². The van der Waals surface area contributed by atoms with Crippen LogP contribution in [0.5, 0.6) is 0 Å². The predicted molar refractivity (Wildman–Crippen MR) is 182 cm³/mol. The largest absolute Gasteiger partial charge is 0.326 e. The van der Waals surface area contributed by atoms with E-state index in [1.165, 1.54) is 23.4 Å². The Morgan fingerprint density at radius 1 is 0.848 bits per heavy atom. The molecule has 3 aromatic carbocycles. The smallest absolute Gasteiger partial charge is 0.324 e. The Labute approximate surface area is 271 Å². The van der Waals surface area contributed by atoms with Crippen molar-refractivity contribution in [1.82, 2.24) is 14.1 Å². The fourth-order valence-corrected chi connectivity index (χ4v) is 6.94. The Hall–Kier alpha value is -4.48. The summed E-state index contributed by atoms with van der Waals surface area (Å²) in [5.41, 5.74) is 5.05. The molecule has 1 saturated heterocycles. The zero-order valence-electron chi connectivity index (χ0n) is 27.0. The lowest BCUT2D eigenvalue weighted by Gasteiger charge is -2.31. The number of piperidine rings is 1. The monoisotopic (exact) mass is 642 g/mol. The molecule has 0 unspecified atom stereocenters. The molecule has 3 amide bonds. The number of rotatable bonds is 8. The Balaban J connectivity index is 1.15. The quantitative estimate of drug-likeness (QED) is 0.197. The number of carbonyl (C=O) groups is 2. The number of carbonyl (C=O) groups excluding carboxylic acids is 2. The number of aromatic nitrogens is 2. The first-order valence-electron chi connectivity index (χ1n) is 15.5. The average Bonchev–Trinajstić information content (AvgIpc) is 3.43. The highest BCUT2D eigenvalue weighted by molar-refractivity contribution is 7.89. The van der Waals surface area contributed by atoms with Crippen LogP contribution in [0, 0.1) is 12.8 Å². The molecule has 1 aliphatic heterocycles. The van der Waals surface area contributed by atoms with E-state index in [9.17, 15) is 18.0 Å². The number of nitrogens with one attached hydrogen (secondary N) is 3. The van der Waals surface area contributed by atoms with Crippen molar-refractivity contribution in [3.05, 3.63) is 95.7 Å². The molecule has 4 aromatic rings. The van der Waals surface area contributed by atoms with Crippen LogP contribution >= 0.6 is 0 Å². The summed E-state index contributed by atoms with van der Waals surface area (Å²) in [4.78, 5) is 24.5. The third-order valence-corrected chi connectivity index (χ3v) is 10.0. The molecule has 1 aromatic heterocycles. The highest BCUT2D eigenvalue weighted by atomic mass is 32.2. The standard InChI is InChI=1S/C35H42N6O4S/c1-24-6-14-30(15-7-24)41-33(23-32(39-41)35(3,4)5)38-34(43)37-29-10-8-26(9-11-29)22-27-18-20-40(21-19-27)46(44,45)31-16-12-28(13-17-31)36-25(2)42/h6-17,23,27H,18-22H2,1-5H3,(H,36,42)(H2,37,38,43). The van der Waals surface area contributed by atoms with Crippen molar-refractivity contribution in [3.63, 3.8) is 0 Å². The fourth-order valence-electron chi connectivity index (χ4n) is 5.47. The Morgan fingerprint density at radius 3 is 2.02 bits per heavy atom. The number of sulfonamides is 1. The second kappa shape index (κ2) is 13.5. The van der Waals surface area contributed by atoms with Gasteiger partial charge in [0, 0.05) is 42.9 Å². The van der Waals surface area contributed by atoms with E-state index in [2.05, 4.69) is 36.7 Å². The van der Waals surface area contributed by atoms with Gasteiger partial charge in [-0.15, -0.1) is 0 Å². The summed E-state index contributed by atoms with van der Waals surface area (Å²) in [6, 6.07) is 23.6. The molecule has 2 heterocycles. The number of hydrogen-bond acceptors (Lipinski definition) is 5. The molecule has 1 fully saturated rings. The van der Waals surface area contributed by atoms with E-state index in [1.54, 1.807) is 16.8 Å². The summed E-state index contributed by atoms with van der Waals surface area (Å²) in [5, 5.41) is 13.3. The van der Waals surface area contributed by atoms with Crippen LogP contribution in [-0.2, 0) is 26.7 Å². The second-order valence-corrected chi connectivity index (χ2v) is 14.9. The zero-order valence-corrected chi connectivity index (χ0v) is 27.8. The van der Waals surface area contributed by atoms with Gasteiger partial charge in [-0.1, -0.05) is 50.6 Å². The molecule has 0 spiro atoms. The van der Waals surface area contributed by atoms with Gasteiger partial charge in [-0.2, -0.15) is 9.40 Å². The number of hydrogen-bond donors (Lipinski definition) is 3. The van der Waals surface area contributed by atoms with Gasteiger partial charge in [-0.25, -0.2) is 17.9 Å². The molecule has 0 atom stereocenters. The maximum atomic E-state index is 13.2. The maximum absolute atomic E-state index is 13.2. The molecular formula is C35H42N6O4S. The van der Waals surface area contributed by atoms with E-state index in [0.717, 1.165) is 41.8 Å². The first-order valence-corrected chi connectivity index (χ1v) is 16.9. The van der Waals surface area contributed by atoms with Crippen LogP contribution in [0.15, 0.2) is 83.8 Å². The van der Waals surface area contributed by atoms with Crippen LogP contribution in [0.4, 0.5) is 22.0 Å². The van der Waals surface area contributed by atoms with Gasteiger partial charge in [0.25, 0.3) is 0 Å². The minimum atomic E-state index is -3.60. The van der Waals surface area contributed by atoms with E-state index >= 15 is 0 Å². The lowest BCUT2D eigenvalue weighted by molar-refractivity contribution is -0.114. The normalized spacial score (nSPS) is 14.5. The molecule has 46 heavy (non-hydrogen) atoms. The van der Waals surface area contributed by atoms with Crippen molar-refractivity contribution < 1.29 is 18.0 Å². The van der Waals surface area contributed by atoms with Crippen LogP contribution in [0.1, 0.15) is 57.4 Å². The molecule has 11 heteroatoms. The van der Waals surface area contributed by atoms with Crippen LogP contribution in [0.2, 0.25) is 0 Å². The summed E-state index contributed by atoms with van der Waals surface area (Å²) in [7, 11) is -3.60. The van der Waals surface area contributed by atoms with Gasteiger partial charge in [-0.3, -0.25) is 10.1 Å². The Bertz CT molecular complexity index is 1780. The van der Waals surface area contributed by atoms with Crippen molar-refractivity contribution in [1.29, 1.82) is 0 Å². The summed E-state index contributed by atoms with van der Waals surface area (Å²) in [6.45, 7) is 10.6. The number of aryl methyl sites for hydroxylation is 1. The Morgan fingerprint density at radius 2 is 1.43 bits per heavy atom. The highest BCUT2D eigenvalue weighted by Gasteiger charge is 2.29. The number of amides is 3. The van der Waals surface area contributed by atoms with Crippen molar-refractivity contribution in [3.8, 4) is 5.69 Å². The van der Waals surface area contributed by atoms with Crippen LogP contribution in [0.3, 0.4) is 0 Å². The molecule has 0 bridgehead atoms. The molecule has 0 aliphatic carbocycles. The van der Waals surface area contributed by atoms with Gasteiger partial charge >= 0.3 is 6.03 Å². The van der Waals surface area contributed by atoms with Gasteiger partial charge < -0.3 is 10.6 Å². The van der Waals surface area contributed by atoms with Gasteiger partial charge in [0.2, 0.25) is 15.9 Å². The maximum Gasteiger partial charge on any atom is 0.324 e. The minimum absolute atomic E-state index is 0.189. The lowest BCUT2D eigenvalue weighted by atomic mass is 9.91. The van der Waals surface area contributed by atoms with Gasteiger partial charge in [0.05, 0.1) is 16.3 Å². The van der Waals surface area contributed by atoms with Crippen molar-refractivity contribution >= 4 is 39.2 Å². The van der Waals surface area contributed by atoms with E-state index in [4.69, 9.17) is 5.10 Å². The van der Waals surface area contributed by atoms with Crippen LogP contribution in [-0.4, -0.2) is 47.5 Å². The third-order valence-electron chi connectivity index (χ3n) is 8.12. The summed E-state index contributed by atoms with van der Waals surface area (Å²) < 4.78 is 29.6.